The van der Waals surface area contributed by atoms with Gasteiger partial charge < -0.3 is 10.6 Å². The van der Waals surface area contributed by atoms with Gasteiger partial charge in [-0.15, -0.1) is 0 Å². The standard InChI is InChI=1S/C14H16N4/c1-10-8-9-12(13(15)16)14(17-10)18(2)11-6-4-3-5-7-11/h3-9H,1-2H3,(H3,15,16). The highest BCUT2D eigenvalue weighted by atomic mass is 15.2. The molecule has 1 aromatic heterocycles. The molecule has 0 atom stereocenters. The minimum Gasteiger partial charge on any atom is -0.384 e. The van der Waals surface area contributed by atoms with Crippen LogP contribution in [-0.2, 0) is 0 Å². The van der Waals surface area contributed by atoms with Gasteiger partial charge in [0.25, 0.3) is 0 Å². The molecule has 0 fully saturated rings. The van der Waals surface area contributed by atoms with Crippen LogP contribution < -0.4 is 10.6 Å². The number of anilines is 2. The first-order chi connectivity index (χ1) is 8.59. The molecule has 0 saturated carbocycles. The maximum Gasteiger partial charge on any atom is 0.144 e. The molecule has 1 aromatic carbocycles. The molecule has 0 aliphatic rings. The fraction of sp³-hybridized carbons (Fsp3) is 0.143. The fourth-order valence-electron chi connectivity index (χ4n) is 1.78. The first-order valence-electron chi connectivity index (χ1n) is 5.70. The third kappa shape index (κ3) is 2.32. The molecule has 0 saturated heterocycles. The number of benzene rings is 1. The number of para-hydroxylation sites is 1. The minimum absolute atomic E-state index is 0.0280. The average Bonchev–Trinajstić information content (AvgIpc) is 2.38. The third-order valence-electron chi connectivity index (χ3n) is 2.77. The van der Waals surface area contributed by atoms with Gasteiger partial charge in [0.1, 0.15) is 11.7 Å². The topological polar surface area (TPSA) is 66.0 Å². The average molecular weight is 240 g/mol. The number of nitrogens with zero attached hydrogens (tertiary/aromatic N) is 2. The zero-order chi connectivity index (χ0) is 13.1. The molecule has 0 aliphatic heterocycles. The SMILES string of the molecule is Cc1ccc(C(=N)N)c(N(C)c2ccccc2)n1. The van der Waals surface area contributed by atoms with Crippen LogP contribution in [0.1, 0.15) is 11.3 Å². The maximum absolute atomic E-state index is 7.61. The predicted molar refractivity (Wildman–Crippen MR) is 74.5 cm³/mol. The Hall–Kier alpha value is -2.36. The largest absolute Gasteiger partial charge is 0.384 e. The number of nitrogen functional groups attached to an aromatic ring is 1. The van der Waals surface area contributed by atoms with E-state index < -0.39 is 0 Å². The Labute approximate surface area is 107 Å². The predicted octanol–water partition coefficient (Wildman–Crippen LogP) is 2.44. The summed E-state index contributed by atoms with van der Waals surface area (Å²) in [6, 6.07) is 13.6. The van der Waals surface area contributed by atoms with Gasteiger partial charge in [-0.2, -0.15) is 0 Å². The van der Waals surface area contributed by atoms with Gasteiger partial charge in [0.15, 0.2) is 0 Å². The van der Waals surface area contributed by atoms with Gasteiger partial charge in [0, 0.05) is 18.4 Å². The summed E-state index contributed by atoms with van der Waals surface area (Å²) in [5.74, 6) is 0.731. The van der Waals surface area contributed by atoms with Gasteiger partial charge >= 0.3 is 0 Å². The summed E-state index contributed by atoms with van der Waals surface area (Å²) in [7, 11) is 1.92. The van der Waals surface area contributed by atoms with Gasteiger partial charge in [0.05, 0.1) is 5.56 Å². The Balaban J connectivity index is 2.50. The van der Waals surface area contributed by atoms with E-state index in [4.69, 9.17) is 11.1 Å². The molecule has 0 amide bonds. The van der Waals surface area contributed by atoms with Crippen molar-refractivity contribution in [2.75, 3.05) is 11.9 Å². The summed E-state index contributed by atoms with van der Waals surface area (Å²) in [6.07, 6.45) is 0. The van der Waals surface area contributed by atoms with Crippen LogP contribution in [0.25, 0.3) is 0 Å². The number of nitrogens with one attached hydrogen (secondary N) is 1. The summed E-state index contributed by atoms with van der Waals surface area (Å²) >= 11 is 0. The molecule has 4 nitrogen and oxygen atoms in total. The molecule has 0 radical (unpaired) electrons. The highest BCUT2D eigenvalue weighted by molar-refractivity contribution is 6.00. The second-order valence-electron chi connectivity index (χ2n) is 4.13. The number of hydrogen-bond donors (Lipinski definition) is 2. The summed E-state index contributed by atoms with van der Waals surface area (Å²) in [5.41, 5.74) is 8.16. The van der Waals surface area contributed by atoms with Crippen molar-refractivity contribution in [1.82, 2.24) is 4.98 Å². The number of nitrogens with two attached hydrogens (primary N) is 1. The van der Waals surface area contributed by atoms with Crippen LogP contribution in [-0.4, -0.2) is 17.9 Å². The lowest BCUT2D eigenvalue weighted by atomic mass is 10.2. The molecule has 0 unspecified atom stereocenters. The number of hydrogen-bond acceptors (Lipinski definition) is 3. The molecule has 2 rings (SSSR count). The Kier molecular flexibility index (Phi) is 3.28. The van der Waals surface area contributed by atoms with E-state index in [1.54, 1.807) is 0 Å². The van der Waals surface area contributed by atoms with Crippen molar-refractivity contribution in [1.29, 1.82) is 5.41 Å². The fourth-order valence-corrected chi connectivity index (χ4v) is 1.78. The van der Waals surface area contributed by atoms with Crippen LogP contribution in [0.5, 0.6) is 0 Å². The molecular formula is C14H16N4. The number of aromatic nitrogens is 1. The highest BCUT2D eigenvalue weighted by Gasteiger charge is 2.13. The van der Waals surface area contributed by atoms with E-state index in [2.05, 4.69) is 4.98 Å². The van der Waals surface area contributed by atoms with Crippen molar-refractivity contribution in [2.45, 2.75) is 6.92 Å². The Morgan fingerprint density at radius 2 is 1.83 bits per heavy atom. The summed E-state index contributed by atoms with van der Waals surface area (Å²) in [5, 5.41) is 7.61. The zero-order valence-electron chi connectivity index (χ0n) is 10.5. The van der Waals surface area contributed by atoms with E-state index in [-0.39, 0.29) is 5.84 Å². The van der Waals surface area contributed by atoms with Crippen LogP contribution in [0.4, 0.5) is 11.5 Å². The van der Waals surface area contributed by atoms with Gasteiger partial charge in [-0.3, -0.25) is 5.41 Å². The first-order valence-corrected chi connectivity index (χ1v) is 5.70. The lowest BCUT2D eigenvalue weighted by Crippen LogP contribution is -2.20. The van der Waals surface area contributed by atoms with E-state index in [1.165, 1.54) is 0 Å². The summed E-state index contributed by atoms with van der Waals surface area (Å²) < 4.78 is 0. The smallest absolute Gasteiger partial charge is 0.144 e. The molecule has 3 N–H and O–H groups in total. The normalized spacial score (nSPS) is 10.1. The van der Waals surface area contributed by atoms with Crippen molar-refractivity contribution in [3.63, 3.8) is 0 Å². The monoisotopic (exact) mass is 240 g/mol. The molecule has 18 heavy (non-hydrogen) atoms. The number of pyridine rings is 1. The van der Waals surface area contributed by atoms with Crippen LogP contribution in [0, 0.1) is 12.3 Å². The van der Waals surface area contributed by atoms with E-state index in [0.29, 0.717) is 11.4 Å². The van der Waals surface area contributed by atoms with Gasteiger partial charge in [-0.1, -0.05) is 18.2 Å². The van der Waals surface area contributed by atoms with Crippen molar-refractivity contribution in [2.24, 2.45) is 5.73 Å². The molecule has 0 aliphatic carbocycles. The first kappa shape index (κ1) is 12.1. The summed E-state index contributed by atoms with van der Waals surface area (Å²) in [6.45, 7) is 1.92. The second-order valence-corrected chi connectivity index (χ2v) is 4.13. The van der Waals surface area contributed by atoms with Gasteiger partial charge in [-0.05, 0) is 31.2 Å². The second kappa shape index (κ2) is 4.87. The molecule has 2 aromatic rings. The number of aryl methyl sites for hydroxylation is 1. The van der Waals surface area contributed by atoms with Gasteiger partial charge in [0.2, 0.25) is 0 Å². The van der Waals surface area contributed by atoms with Crippen LogP contribution >= 0.6 is 0 Å². The van der Waals surface area contributed by atoms with E-state index in [1.807, 2.05) is 61.3 Å². The highest BCUT2D eigenvalue weighted by Crippen LogP contribution is 2.24. The van der Waals surface area contributed by atoms with Crippen molar-refractivity contribution < 1.29 is 0 Å². The van der Waals surface area contributed by atoms with E-state index in [0.717, 1.165) is 11.4 Å². The van der Waals surface area contributed by atoms with E-state index >= 15 is 0 Å². The quantitative estimate of drug-likeness (QED) is 0.639. The molecule has 0 spiro atoms. The minimum atomic E-state index is 0.0280. The summed E-state index contributed by atoms with van der Waals surface area (Å²) in [4.78, 5) is 6.41. The lowest BCUT2D eigenvalue weighted by molar-refractivity contribution is 1.08. The third-order valence-corrected chi connectivity index (χ3v) is 2.77. The van der Waals surface area contributed by atoms with Crippen molar-refractivity contribution >= 4 is 17.3 Å². The Morgan fingerprint density at radius 1 is 1.17 bits per heavy atom. The maximum atomic E-state index is 7.61. The van der Waals surface area contributed by atoms with Crippen molar-refractivity contribution in [3.05, 3.63) is 53.7 Å². The molecule has 1 heterocycles. The van der Waals surface area contributed by atoms with E-state index in [9.17, 15) is 0 Å². The zero-order valence-corrected chi connectivity index (χ0v) is 10.5. The Morgan fingerprint density at radius 3 is 2.44 bits per heavy atom. The van der Waals surface area contributed by atoms with Gasteiger partial charge in [-0.25, -0.2) is 4.98 Å². The molecule has 92 valence electrons. The van der Waals surface area contributed by atoms with Crippen LogP contribution in [0.2, 0.25) is 0 Å². The number of rotatable bonds is 3. The molecular weight excluding hydrogens is 224 g/mol. The van der Waals surface area contributed by atoms with Crippen LogP contribution in [0.15, 0.2) is 42.5 Å². The lowest BCUT2D eigenvalue weighted by Gasteiger charge is -2.21. The van der Waals surface area contributed by atoms with Crippen LogP contribution in [0.3, 0.4) is 0 Å². The van der Waals surface area contributed by atoms with Crippen molar-refractivity contribution in [3.8, 4) is 0 Å². The number of amidine groups is 1. The Bertz CT molecular complexity index is 563. The molecule has 4 heteroatoms. The molecule has 0 bridgehead atoms.